The molecule has 0 amide bonds. The zero-order valence-corrected chi connectivity index (χ0v) is 16.6. The number of benzene rings is 2. The van der Waals surface area contributed by atoms with Gasteiger partial charge in [0.25, 0.3) is 0 Å². The molecule has 1 heterocycles. The van der Waals surface area contributed by atoms with Crippen LogP contribution in [-0.4, -0.2) is 48.9 Å². The number of esters is 1. The lowest BCUT2D eigenvalue weighted by Crippen LogP contribution is -2.07. The van der Waals surface area contributed by atoms with Crippen LogP contribution >= 0.6 is 0 Å². The van der Waals surface area contributed by atoms with Gasteiger partial charge in [0.05, 0.1) is 33.5 Å². The maximum atomic E-state index is 12.0. The Morgan fingerprint density at radius 3 is 2.48 bits per heavy atom. The van der Waals surface area contributed by atoms with Crippen molar-refractivity contribution in [1.29, 1.82) is 0 Å². The van der Waals surface area contributed by atoms with Gasteiger partial charge in [-0.05, 0) is 35.9 Å². The zero-order chi connectivity index (χ0) is 20.6. The number of hydrogen-bond donors (Lipinski definition) is 0. The van der Waals surface area contributed by atoms with Crippen LogP contribution in [0.4, 0.5) is 0 Å². The second kappa shape index (κ2) is 9.59. The minimum Gasteiger partial charge on any atom is -0.493 e. The first-order valence-electron chi connectivity index (χ1n) is 9.09. The number of para-hydroxylation sites is 1. The summed E-state index contributed by atoms with van der Waals surface area (Å²) in [5.41, 5.74) is 2.53. The summed E-state index contributed by atoms with van der Waals surface area (Å²) in [6.07, 6.45) is 3.64. The standard InChI is InChI=1S/C21H23N3O5/c1-26-18-13-15(14-19(27-2)21(18)28-3)9-10-20(25)29-12-6-11-24-17-8-5-4-7-16(17)22-23-24/h4-5,7-10,13-14H,6,11-12H2,1-3H3/b10-9+. The Kier molecular flexibility index (Phi) is 6.67. The molecule has 0 atom stereocenters. The van der Waals surface area contributed by atoms with Gasteiger partial charge >= 0.3 is 5.97 Å². The normalized spacial score (nSPS) is 11.0. The van der Waals surface area contributed by atoms with E-state index in [1.165, 1.54) is 27.4 Å². The van der Waals surface area contributed by atoms with Crippen LogP contribution in [0.5, 0.6) is 17.2 Å². The molecule has 1 aromatic heterocycles. The minimum atomic E-state index is -0.429. The molecule has 0 radical (unpaired) electrons. The number of carbonyl (C=O) groups is 1. The number of rotatable bonds is 9. The molecule has 0 unspecified atom stereocenters. The molecule has 152 valence electrons. The molecular weight excluding hydrogens is 374 g/mol. The van der Waals surface area contributed by atoms with Crippen LogP contribution in [0.1, 0.15) is 12.0 Å². The van der Waals surface area contributed by atoms with Gasteiger partial charge in [-0.2, -0.15) is 0 Å². The van der Waals surface area contributed by atoms with Crippen molar-refractivity contribution in [2.24, 2.45) is 0 Å². The van der Waals surface area contributed by atoms with Gasteiger partial charge in [0.1, 0.15) is 5.52 Å². The van der Waals surface area contributed by atoms with Crippen molar-refractivity contribution in [1.82, 2.24) is 15.0 Å². The quantitative estimate of drug-likeness (QED) is 0.312. The van der Waals surface area contributed by atoms with E-state index in [-0.39, 0.29) is 6.61 Å². The van der Waals surface area contributed by atoms with Gasteiger partial charge in [-0.3, -0.25) is 0 Å². The fourth-order valence-electron chi connectivity index (χ4n) is 2.88. The topological polar surface area (TPSA) is 84.7 Å². The Hall–Kier alpha value is -3.55. The number of hydrogen-bond acceptors (Lipinski definition) is 7. The van der Waals surface area contributed by atoms with Gasteiger partial charge in [-0.25, -0.2) is 9.48 Å². The van der Waals surface area contributed by atoms with Crippen LogP contribution in [0.25, 0.3) is 17.1 Å². The molecule has 29 heavy (non-hydrogen) atoms. The van der Waals surface area contributed by atoms with Crippen molar-refractivity contribution in [3.8, 4) is 17.2 Å². The van der Waals surface area contributed by atoms with Gasteiger partial charge in [-0.1, -0.05) is 17.3 Å². The Balaban J connectivity index is 1.53. The Bertz CT molecular complexity index is 987. The highest BCUT2D eigenvalue weighted by molar-refractivity contribution is 5.87. The number of methoxy groups -OCH3 is 3. The third-order valence-corrected chi connectivity index (χ3v) is 4.28. The zero-order valence-electron chi connectivity index (χ0n) is 16.6. The smallest absolute Gasteiger partial charge is 0.330 e. The molecule has 3 rings (SSSR count). The first kappa shape index (κ1) is 20.2. The highest BCUT2D eigenvalue weighted by atomic mass is 16.5. The van der Waals surface area contributed by atoms with Crippen LogP contribution in [0.3, 0.4) is 0 Å². The average molecular weight is 397 g/mol. The summed E-state index contributed by atoms with van der Waals surface area (Å²) >= 11 is 0. The molecule has 0 aliphatic heterocycles. The molecular formula is C21H23N3O5. The molecule has 0 bridgehead atoms. The van der Waals surface area contributed by atoms with Gasteiger partial charge in [0.15, 0.2) is 11.5 Å². The number of nitrogens with zero attached hydrogens (tertiary/aromatic N) is 3. The van der Waals surface area contributed by atoms with Crippen molar-refractivity contribution in [2.45, 2.75) is 13.0 Å². The summed E-state index contributed by atoms with van der Waals surface area (Å²) in [4.78, 5) is 12.0. The van der Waals surface area contributed by atoms with E-state index < -0.39 is 5.97 Å². The first-order valence-corrected chi connectivity index (χ1v) is 9.09. The molecule has 0 spiro atoms. The molecule has 0 saturated carbocycles. The van der Waals surface area contributed by atoms with Crippen LogP contribution in [0, 0.1) is 0 Å². The van der Waals surface area contributed by atoms with E-state index in [0.717, 1.165) is 16.6 Å². The highest BCUT2D eigenvalue weighted by Crippen LogP contribution is 2.38. The minimum absolute atomic E-state index is 0.284. The maximum Gasteiger partial charge on any atom is 0.330 e. The van der Waals surface area contributed by atoms with Crippen molar-refractivity contribution >= 4 is 23.1 Å². The van der Waals surface area contributed by atoms with Crippen molar-refractivity contribution in [3.05, 3.63) is 48.0 Å². The highest BCUT2D eigenvalue weighted by Gasteiger charge is 2.12. The lowest BCUT2D eigenvalue weighted by molar-refractivity contribution is -0.137. The van der Waals surface area contributed by atoms with Gasteiger partial charge in [0, 0.05) is 19.0 Å². The summed E-state index contributed by atoms with van der Waals surface area (Å²) in [7, 11) is 4.62. The summed E-state index contributed by atoms with van der Waals surface area (Å²) in [6, 6.07) is 11.2. The van der Waals surface area contributed by atoms with Crippen LogP contribution in [-0.2, 0) is 16.1 Å². The molecule has 0 aliphatic rings. The maximum absolute atomic E-state index is 12.0. The van der Waals surface area contributed by atoms with Gasteiger partial charge in [-0.15, -0.1) is 5.10 Å². The van der Waals surface area contributed by atoms with E-state index >= 15 is 0 Å². The van der Waals surface area contributed by atoms with E-state index in [1.807, 2.05) is 24.3 Å². The Morgan fingerprint density at radius 1 is 1.07 bits per heavy atom. The van der Waals surface area contributed by atoms with Crippen LogP contribution in [0.2, 0.25) is 0 Å². The van der Waals surface area contributed by atoms with E-state index in [9.17, 15) is 4.79 Å². The number of aryl methyl sites for hydroxylation is 1. The monoisotopic (exact) mass is 397 g/mol. The van der Waals surface area contributed by atoms with Crippen molar-refractivity contribution < 1.29 is 23.7 Å². The van der Waals surface area contributed by atoms with E-state index in [2.05, 4.69) is 10.3 Å². The second-order valence-electron chi connectivity index (χ2n) is 6.11. The Morgan fingerprint density at radius 2 is 1.79 bits per heavy atom. The lowest BCUT2D eigenvalue weighted by Gasteiger charge is -2.12. The van der Waals surface area contributed by atoms with Gasteiger partial charge < -0.3 is 18.9 Å². The number of aromatic nitrogens is 3. The predicted molar refractivity (Wildman–Crippen MR) is 108 cm³/mol. The SMILES string of the molecule is COc1cc(/C=C/C(=O)OCCCn2nnc3ccccc32)cc(OC)c1OC. The molecule has 0 N–H and O–H groups in total. The van der Waals surface area contributed by atoms with Crippen molar-refractivity contribution in [2.75, 3.05) is 27.9 Å². The second-order valence-corrected chi connectivity index (χ2v) is 6.11. The van der Waals surface area contributed by atoms with E-state index in [1.54, 1.807) is 22.9 Å². The molecule has 8 heteroatoms. The van der Waals surface area contributed by atoms with Crippen molar-refractivity contribution in [3.63, 3.8) is 0 Å². The summed E-state index contributed by atoms with van der Waals surface area (Å²) in [6.45, 7) is 0.900. The molecule has 8 nitrogen and oxygen atoms in total. The summed E-state index contributed by atoms with van der Waals surface area (Å²) < 4.78 is 22.9. The largest absolute Gasteiger partial charge is 0.493 e. The molecule has 2 aromatic carbocycles. The van der Waals surface area contributed by atoms with E-state index in [0.29, 0.717) is 30.2 Å². The van der Waals surface area contributed by atoms with Gasteiger partial charge in [0.2, 0.25) is 5.75 Å². The summed E-state index contributed by atoms with van der Waals surface area (Å²) in [5.74, 6) is 1.09. The Labute approximate surface area is 168 Å². The first-order chi connectivity index (χ1) is 14.2. The van der Waals surface area contributed by atoms with Crippen LogP contribution in [0.15, 0.2) is 42.5 Å². The fraction of sp³-hybridized carbons (Fsp3) is 0.286. The molecule has 3 aromatic rings. The fourth-order valence-corrected chi connectivity index (χ4v) is 2.88. The van der Waals surface area contributed by atoms with E-state index in [4.69, 9.17) is 18.9 Å². The third-order valence-electron chi connectivity index (χ3n) is 4.28. The average Bonchev–Trinajstić information content (AvgIpc) is 3.17. The lowest BCUT2D eigenvalue weighted by atomic mass is 10.1. The molecule has 0 saturated heterocycles. The van der Waals surface area contributed by atoms with Crippen LogP contribution < -0.4 is 14.2 Å². The third kappa shape index (κ3) is 4.84. The number of carbonyl (C=O) groups excluding carboxylic acids is 1. The molecule has 0 aliphatic carbocycles. The summed E-state index contributed by atoms with van der Waals surface area (Å²) in [5, 5.41) is 8.21. The predicted octanol–water partition coefficient (Wildman–Crippen LogP) is 3.10. The number of fused-ring (bicyclic) bond motifs is 1. The molecule has 0 fully saturated rings. The number of ether oxygens (including phenoxy) is 4.